The molecular weight excluding hydrogens is 226 g/mol. The number of imidazole rings is 1. The normalized spacial score (nSPS) is 13.1. The van der Waals surface area contributed by atoms with Gasteiger partial charge in [-0.2, -0.15) is 0 Å². The van der Waals surface area contributed by atoms with Crippen molar-refractivity contribution in [2.45, 2.75) is 39.4 Å². The van der Waals surface area contributed by atoms with Gasteiger partial charge in [-0.15, -0.1) is 0 Å². The quantitative estimate of drug-likeness (QED) is 0.820. The number of aliphatic hydroxyl groups excluding tert-OH is 1. The maximum absolute atomic E-state index is 9.04. The van der Waals surface area contributed by atoms with Gasteiger partial charge >= 0.3 is 0 Å². The van der Waals surface area contributed by atoms with Crippen LogP contribution < -0.4 is 5.32 Å². The summed E-state index contributed by atoms with van der Waals surface area (Å²) in [5, 5.41) is 12.3. The van der Waals surface area contributed by atoms with Crippen LogP contribution in [0.2, 0.25) is 0 Å². The monoisotopic (exact) mass is 247 g/mol. The summed E-state index contributed by atoms with van der Waals surface area (Å²) in [5.74, 6) is 1.04. The molecule has 0 aliphatic rings. The van der Waals surface area contributed by atoms with Gasteiger partial charge in [0, 0.05) is 12.6 Å². The predicted octanol–water partition coefficient (Wildman–Crippen LogP) is 1.92. The number of hydrogen-bond donors (Lipinski definition) is 2. The van der Waals surface area contributed by atoms with Gasteiger partial charge < -0.3 is 15.0 Å². The van der Waals surface area contributed by atoms with Crippen molar-refractivity contribution >= 4 is 11.0 Å². The molecule has 0 fully saturated rings. The fourth-order valence-corrected chi connectivity index (χ4v) is 2.06. The average molecular weight is 247 g/mol. The second-order valence-corrected chi connectivity index (χ2v) is 4.63. The zero-order valence-electron chi connectivity index (χ0n) is 11.1. The molecule has 2 aromatic rings. The van der Waals surface area contributed by atoms with Crippen LogP contribution in [-0.4, -0.2) is 27.3 Å². The van der Waals surface area contributed by atoms with Crippen molar-refractivity contribution in [2.24, 2.45) is 0 Å². The molecule has 0 spiro atoms. The van der Waals surface area contributed by atoms with E-state index in [1.807, 2.05) is 25.1 Å². The molecule has 1 aromatic heterocycles. The van der Waals surface area contributed by atoms with E-state index in [0.29, 0.717) is 6.54 Å². The molecule has 2 rings (SSSR count). The first-order valence-electron chi connectivity index (χ1n) is 6.54. The van der Waals surface area contributed by atoms with Gasteiger partial charge in [-0.3, -0.25) is 0 Å². The Morgan fingerprint density at radius 2 is 2.17 bits per heavy atom. The fraction of sp³-hybridized carbons (Fsp3) is 0.500. The second-order valence-electron chi connectivity index (χ2n) is 4.63. The van der Waals surface area contributed by atoms with E-state index in [0.717, 1.165) is 24.3 Å². The highest BCUT2D eigenvalue weighted by Gasteiger charge is 2.10. The van der Waals surface area contributed by atoms with Crippen LogP contribution >= 0.6 is 0 Å². The van der Waals surface area contributed by atoms with E-state index in [9.17, 15) is 0 Å². The summed E-state index contributed by atoms with van der Waals surface area (Å²) < 4.78 is 2.26. The molecule has 18 heavy (non-hydrogen) atoms. The summed E-state index contributed by atoms with van der Waals surface area (Å²) in [4.78, 5) is 4.66. The Balaban J connectivity index is 2.27. The van der Waals surface area contributed by atoms with Crippen molar-refractivity contribution in [1.82, 2.24) is 14.9 Å². The summed E-state index contributed by atoms with van der Waals surface area (Å²) in [6, 6.07) is 8.31. The van der Waals surface area contributed by atoms with Crippen LogP contribution in [0.4, 0.5) is 0 Å². The second kappa shape index (κ2) is 5.98. The minimum absolute atomic E-state index is 0.0971. The van der Waals surface area contributed by atoms with Crippen LogP contribution in [0, 0.1) is 0 Å². The highest BCUT2D eigenvalue weighted by Crippen LogP contribution is 2.16. The molecule has 2 N–H and O–H groups in total. The molecule has 0 bridgehead atoms. The number of aryl methyl sites for hydroxylation is 1. The molecule has 4 heteroatoms. The van der Waals surface area contributed by atoms with Crippen molar-refractivity contribution in [1.29, 1.82) is 0 Å². The summed E-state index contributed by atoms with van der Waals surface area (Å²) in [6.07, 6.45) is 1.09. The Morgan fingerprint density at radius 3 is 2.89 bits per heavy atom. The number of aromatic nitrogens is 2. The summed E-state index contributed by atoms with van der Waals surface area (Å²) in [5.41, 5.74) is 2.23. The first-order valence-corrected chi connectivity index (χ1v) is 6.54. The van der Waals surface area contributed by atoms with Crippen LogP contribution in [-0.2, 0) is 13.1 Å². The Kier molecular flexibility index (Phi) is 4.33. The average Bonchev–Trinajstić information content (AvgIpc) is 2.75. The lowest BCUT2D eigenvalue weighted by atomic mass is 10.3. The third-order valence-electron chi connectivity index (χ3n) is 3.06. The Bertz CT molecular complexity index is 507. The number of fused-ring (bicyclic) bond motifs is 1. The van der Waals surface area contributed by atoms with Gasteiger partial charge in [-0.25, -0.2) is 4.98 Å². The lowest BCUT2D eigenvalue weighted by Crippen LogP contribution is -2.29. The molecule has 98 valence electrons. The lowest BCUT2D eigenvalue weighted by molar-refractivity contribution is 0.250. The molecule has 4 nitrogen and oxygen atoms in total. The van der Waals surface area contributed by atoms with Gasteiger partial charge in [0.2, 0.25) is 0 Å². The van der Waals surface area contributed by atoms with Crippen molar-refractivity contribution in [3.8, 4) is 0 Å². The predicted molar refractivity (Wildman–Crippen MR) is 73.4 cm³/mol. The lowest BCUT2D eigenvalue weighted by Gasteiger charge is -2.12. The first-order chi connectivity index (χ1) is 8.76. The van der Waals surface area contributed by atoms with E-state index >= 15 is 0 Å². The molecule has 1 unspecified atom stereocenters. The third-order valence-corrected chi connectivity index (χ3v) is 3.06. The number of nitrogens with zero attached hydrogens (tertiary/aromatic N) is 2. The molecule has 0 radical (unpaired) electrons. The van der Waals surface area contributed by atoms with Gasteiger partial charge in [0.15, 0.2) is 0 Å². The summed E-state index contributed by atoms with van der Waals surface area (Å²) in [6.45, 7) is 5.95. The standard InChI is InChI=1S/C14H21N3O/c1-3-8-17-13-7-5-4-6-12(13)16-14(17)9-15-11(2)10-18/h4-7,11,15,18H,3,8-10H2,1-2H3. The Labute approximate surface area is 108 Å². The maximum Gasteiger partial charge on any atom is 0.123 e. The maximum atomic E-state index is 9.04. The molecule has 0 amide bonds. The van der Waals surface area contributed by atoms with Crippen molar-refractivity contribution in [3.63, 3.8) is 0 Å². The van der Waals surface area contributed by atoms with E-state index in [1.165, 1.54) is 5.52 Å². The van der Waals surface area contributed by atoms with Crippen LogP contribution in [0.1, 0.15) is 26.1 Å². The van der Waals surface area contributed by atoms with Crippen LogP contribution in [0.15, 0.2) is 24.3 Å². The van der Waals surface area contributed by atoms with Crippen LogP contribution in [0.3, 0.4) is 0 Å². The molecule has 0 saturated heterocycles. The van der Waals surface area contributed by atoms with Crippen molar-refractivity contribution in [2.75, 3.05) is 6.61 Å². The Morgan fingerprint density at radius 1 is 1.39 bits per heavy atom. The van der Waals surface area contributed by atoms with Crippen LogP contribution in [0.5, 0.6) is 0 Å². The topological polar surface area (TPSA) is 50.1 Å². The number of nitrogens with one attached hydrogen (secondary N) is 1. The van der Waals surface area contributed by atoms with Gasteiger partial charge in [-0.05, 0) is 25.5 Å². The summed E-state index contributed by atoms with van der Waals surface area (Å²) >= 11 is 0. The van der Waals surface area contributed by atoms with E-state index < -0.39 is 0 Å². The van der Waals surface area contributed by atoms with E-state index in [1.54, 1.807) is 0 Å². The van der Waals surface area contributed by atoms with E-state index in [4.69, 9.17) is 5.11 Å². The van der Waals surface area contributed by atoms with Gasteiger partial charge in [0.25, 0.3) is 0 Å². The van der Waals surface area contributed by atoms with Gasteiger partial charge in [0.1, 0.15) is 5.82 Å². The summed E-state index contributed by atoms with van der Waals surface area (Å²) in [7, 11) is 0. The molecule has 1 atom stereocenters. The number of para-hydroxylation sites is 2. The number of benzene rings is 1. The molecule has 0 aliphatic carbocycles. The van der Waals surface area contributed by atoms with Gasteiger partial charge in [0.05, 0.1) is 24.2 Å². The van der Waals surface area contributed by atoms with E-state index in [2.05, 4.69) is 27.9 Å². The molecular formula is C14H21N3O. The third kappa shape index (κ3) is 2.71. The fourth-order valence-electron chi connectivity index (χ4n) is 2.06. The minimum atomic E-state index is 0.0971. The molecule has 1 heterocycles. The zero-order valence-corrected chi connectivity index (χ0v) is 11.1. The van der Waals surface area contributed by atoms with Gasteiger partial charge in [-0.1, -0.05) is 19.1 Å². The highest BCUT2D eigenvalue weighted by atomic mass is 16.3. The Hall–Kier alpha value is -1.39. The smallest absolute Gasteiger partial charge is 0.123 e. The largest absolute Gasteiger partial charge is 0.395 e. The molecule has 0 saturated carbocycles. The van der Waals surface area contributed by atoms with Crippen molar-refractivity contribution < 1.29 is 5.11 Å². The number of hydrogen-bond acceptors (Lipinski definition) is 3. The van der Waals surface area contributed by atoms with E-state index in [-0.39, 0.29) is 12.6 Å². The highest BCUT2D eigenvalue weighted by molar-refractivity contribution is 5.75. The molecule has 0 aliphatic heterocycles. The zero-order chi connectivity index (χ0) is 13.0. The van der Waals surface area contributed by atoms with Crippen LogP contribution in [0.25, 0.3) is 11.0 Å². The molecule has 1 aromatic carbocycles. The number of rotatable bonds is 6. The number of aliphatic hydroxyl groups is 1. The van der Waals surface area contributed by atoms with Crippen molar-refractivity contribution in [3.05, 3.63) is 30.1 Å². The minimum Gasteiger partial charge on any atom is -0.395 e. The first kappa shape index (κ1) is 13.1. The SMILES string of the molecule is CCCn1c(CNC(C)CO)nc2ccccc21.